The van der Waals surface area contributed by atoms with Crippen LogP contribution in [0.25, 0.3) is 22.0 Å². The van der Waals surface area contributed by atoms with Crippen LogP contribution in [0.5, 0.6) is 0 Å². The van der Waals surface area contributed by atoms with Gasteiger partial charge in [0, 0.05) is 28.6 Å². The van der Waals surface area contributed by atoms with Gasteiger partial charge in [-0.05, 0) is 109 Å². The Labute approximate surface area is 231 Å². The van der Waals surface area contributed by atoms with Crippen molar-refractivity contribution in [1.82, 2.24) is 9.97 Å². The summed E-state index contributed by atoms with van der Waals surface area (Å²) in [5, 5.41) is 5.17. The predicted octanol–water partition coefficient (Wildman–Crippen LogP) is 7.70. The van der Waals surface area contributed by atoms with E-state index in [2.05, 4.69) is 28.0 Å². The van der Waals surface area contributed by atoms with E-state index in [4.69, 9.17) is 22.3 Å². The largest absolute Gasteiger partial charge is 0.351 e. The van der Waals surface area contributed by atoms with Gasteiger partial charge in [0.05, 0.1) is 16.2 Å². The van der Waals surface area contributed by atoms with Crippen LogP contribution in [-0.2, 0) is 6.42 Å². The van der Waals surface area contributed by atoms with Crippen molar-refractivity contribution in [2.75, 3.05) is 10.0 Å². The van der Waals surface area contributed by atoms with Gasteiger partial charge < -0.3 is 15.8 Å². The maximum atomic E-state index is 15.0. The lowest BCUT2D eigenvalue weighted by Gasteiger charge is -2.16. The third-order valence-electron chi connectivity index (χ3n) is 7.94. The fraction of sp³-hybridized carbons (Fsp3) is 0.333. The van der Waals surface area contributed by atoms with Crippen molar-refractivity contribution in [3.63, 3.8) is 0 Å². The lowest BCUT2D eigenvalue weighted by molar-refractivity contribution is 0.457. The molecule has 2 atom stereocenters. The Balaban J connectivity index is 1.20. The summed E-state index contributed by atoms with van der Waals surface area (Å²) in [5.74, 6) is 1.83. The van der Waals surface area contributed by atoms with Gasteiger partial charge in [0.2, 0.25) is 5.95 Å². The van der Waals surface area contributed by atoms with E-state index in [9.17, 15) is 0 Å². The first-order valence-electron chi connectivity index (χ1n) is 13.3. The number of aryl methyl sites for hydroxylation is 1. The lowest BCUT2D eigenvalue weighted by Crippen LogP contribution is -2.22. The Morgan fingerprint density at radius 3 is 2.55 bits per heavy atom. The van der Waals surface area contributed by atoms with Crippen LogP contribution >= 0.6 is 23.5 Å². The zero-order valence-corrected chi connectivity index (χ0v) is 22.8. The van der Waals surface area contributed by atoms with E-state index in [0.717, 1.165) is 76.4 Å². The molecule has 1 aromatic heterocycles. The molecule has 2 aliphatic carbocycles. The van der Waals surface area contributed by atoms with Crippen molar-refractivity contribution < 1.29 is 4.39 Å². The van der Waals surface area contributed by atoms with Gasteiger partial charge in [-0.2, -0.15) is 0 Å². The Morgan fingerprint density at radius 2 is 1.82 bits per heavy atom. The second kappa shape index (κ2) is 10.7. The molecule has 4 N–H and O–H groups in total. The van der Waals surface area contributed by atoms with Gasteiger partial charge >= 0.3 is 0 Å². The van der Waals surface area contributed by atoms with Gasteiger partial charge in [-0.25, -0.2) is 14.4 Å². The van der Waals surface area contributed by atoms with Crippen molar-refractivity contribution in [3.05, 3.63) is 77.2 Å². The molecule has 1 heterocycles. The number of hydrogen-bond acceptors (Lipinski definition) is 6. The Morgan fingerprint density at radius 1 is 1.03 bits per heavy atom. The van der Waals surface area contributed by atoms with Gasteiger partial charge in [0.15, 0.2) is 0 Å². The van der Waals surface area contributed by atoms with E-state index >= 15 is 4.39 Å². The van der Waals surface area contributed by atoms with Crippen LogP contribution in [0.1, 0.15) is 38.2 Å². The maximum Gasteiger partial charge on any atom is 0.223 e. The average molecular weight is 548 g/mol. The molecular weight excluding hydrogens is 517 g/mol. The topological polar surface area (TPSA) is 75.9 Å². The van der Waals surface area contributed by atoms with Gasteiger partial charge in [0.25, 0.3) is 0 Å². The van der Waals surface area contributed by atoms with Crippen molar-refractivity contribution in [2.45, 2.75) is 56.0 Å². The smallest absolute Gasteiger partial charge is 0.223 e. The number of benzene rings is 3. The molecule has 38 heavy (non-hydrogen) atoms. The molecule has 3 aromatic carbocycles. The van der Waals surface area contributed by atoms with Crippen LogP contribution < -0.4 is 15.8 Å². The molecule has 2 unspecified atom stereocenters. The monoisotopic (exact) mass is 547 g/mol. The van der Waals surface area contributed by atoms with Crippen molar-refractivity contribution in [3.8, 4) is 11.1 Å². The third-order valence-corrected chi connectivity index (χ3v) is 9.28. The molecule has 0 amide bonds. The van der Waals surface area contributed by atoms with Crippen LogP contribution in [0.3, 0.4) is 0 Å². The minimum absolute atomic E-state index is 0.321. The molecule has 0 saturated heterocycles. The number of aromatic nitrogens is 2. The Bertz CT molecular complexity index is 1470. The minimum atomic E-state index is -0.321. The van der Waals surface area contributed by atoms with Crippen LogP contribution in [0.4, 0.5) is 16.0 Å². The fourth-order valence-electron chi connectivity index (χ4n) is 6.10. The molecule has 0 radical (unpaired) electrons. The zero-order chi connectivity index (χ0) is 26.2. The van der Waals surface area contributed by atoms with Crippen LogP contribution in [0.15, 0.2) is 65.7 Å². The second-order valence-electron chi connectivity index (χ2n) is 10.5. The van der Waals surface area contributed by atoms with E-state index in [1.165, 1.54) is 11.9 Å². The minimum Gasteiger partial charge on any atom is -0.351 e. The zero-order valence-electron chi connectivity index (χ0n) is 21.3. The second-order valence-corrected chi connectivity index (χ2v) is 11.8. The normalized spacial score (nSPS) is 22.5. The highest BCUT2D eigenvalue weighted by atomic mass is 35.5. The molecule has 4 aromatic rings. The molecule has 0 spiro atoms. The summed E-state index contributed by atoms with van der Waals surface area (Å²) in [4.78, 5) is 10.4. The van der Waals surface area contributed by atoms with E-state index in [1.54, 1.807) is 12.1 Å². The Hall–Kier alpha value is -2.87. The first-order valence-corrected chi connectivity index (χ1v) is 14.5. The molecule has 0 aliphatic heterocycles. The molecule has 2 saturated carbocycles. The van der Waals surface area contributed by atoms with Crippen LogP contribution in [0, 0.1) is 17.7 Å². The van der Waals surface area contributed by atoms with E-state index in [-0.39, 0.29) is 5.82 Å². The highest BCUT2D eigenvalue weighted by molar-refractivity contribution is 8.00. The summed E-state index contributed by atoms with van der Waals surface area (Å²) in [6, 6.07) is 17.7. The number of nitrogens with zero attached hydrogens (tertiary/aromatic N) is 2. The van der Waals surface area contributed by atoms with Crippen LogP contribution in [-0.4, -0.2) is 22.1 Å². The molecule has 5 nitrogen and oxygen atoms in total. The Kier molecular flexibility index (Phi) is 7.16. The fourth-order valence-corrected chi connectivity index (χ4v) is 7.05. The molecule has 0 bridgehead atoms. The number of nitrogens with one attached hydrogen (secondary N) is 2. The summed E-state index contributed by atoms with van der Waals surface area (Å²) in [6.45, 7) is 2.12. The molecule has 196 valence electrons. The molecule has 6 rings (SSSR count). The predicted molar refractivity (Wildman–Crippen MR) is 156 cm³/mol. The summed E-state index contributed by atoms with van der Waals surface area (Å²) in [5.41, 5.74) is 10.4. The lowest BCUT2D eigenvalue weighted by atomic mass is 9.98. The number of halogens is 2. The first kappa shape index (κ1) is 25.4. The van der Waals surface area contributed by atoms with E-state index < -0.39 is 0 Å². The number of hydrogen-bond donors (Lipinski definition) is 3. The molecule has 2 aliphatic rings. The van der Waals surface area contributed by atoms with Crippen molar-refractivity contribution in [2.24, 2.45) is 17.6 Å². The SMILES string of the molecule is CCc1cc(-c2ccc(NSc3ccccc3Cl)c(F)c2)cc2cnc(NC3CC4CC(N)CC4C3)nc12. The highest BCUT2D eigenvalue weighted by Gasteiger charge is 2.40. The highest BCUT2D eigenvalue weighted by Crippen LogP contribution is 2.44. The maximum absolute atomic E-state index is 15.0. The molecule has 8 heteroatoms. The summed E-state index contributed by atoms with van der Waals surface area (Å²) in [7, 11) is 0. The van der Waals surface area contributed by atoms with Crippen LogP contribution in [0.2, 0.25) is 5.02 Å². The average Bonchev–Trinajstić information content (AvgIpc) is 3.44. The van der Waals surface area contributed by atoms with Gasteiger partial charge in [-0.3, -0.25) is 0 Å². The van der Waals surface area contributed by atoms with Crippen molar-refractivity contribution in [1.29, 1.82) is 0 Å². The number of nitrogens with two attached hydrogens (primary N) is 1. The summed E-state index contributed by atoms with van der Waals surface area (Å²) >= 11 is 7.51. The molecule has 2 fully saturated rings. The third kappa shape index (κ3) is 5.20. The first-order chi connectivity index (χ1) is 18.5. The van der Waals surface area contributed by atoms with Gasteiger partial charge in [0.1, 0.15) is 5.82 Å². The van der Waals surface area contributed by atoms with Gasteiger partial charge in [-0.1, -0.05) is 36.7 Å². The van der Waals surface area contributed by atoms with E-state index in [0.29, 0.717) is 28.7 Å². The van der Waals surface area contributed by atoms with Gasteiger partial charge in [-0.15, -0.1) is 0 Å². The standard InChI is InChI=1S/C30H31ClFN5S/c1-2-17-9-19(18-7-8-27(26(32)15-18)37-38-28-6-4-3-5-25(28)31)10-22-16-34-30(36-29(17)22)35-24-13-20-11-23(33)12-21(20)14-24/h3-10,15-16,20-21,23-24,37H,2,11-14,33H2,1H3,(H,34,35,36). The number of anilines is 2. The molecular formula is C30H31ClFN5S. The quantitative estimate of drug-likeness (QED) is 0.206. The summed E-state index contributed by atoms with van der Waals surface area (Å²) in [6.07, 6.45) is 7.28. The number of fused-ring (bicyclic) bond motifs is 2. The van der Waals surface area contributed by atoms with E-state index in [1.807, 2.05) is 42.6 Å². The van der Waals surface area contributed by atoms with Crippen molar-refractivity contribution >= 4 is 46.1 Å². The number of rotatable bonds is 7. The summed E-state index contributed by atoms with van der Waals surface area (Å²) < 4.78 is 18.1.